The summed E-state index contributed by atoms with van der Waals surface area (Å²) in [6, 6.07) is 10.9. The standard InChI is InChI=1S/C21H23F4N3O/c1-14(2)26-18-13-16(12-17(22)19(18)21(23,24)25)27-8-10-28(11-9-27)20(29)15-6-4-3-5-7-15/h3-7,12-14,26H,8-11H2,1-2H3. The third-order valence-electron chi connectivity index (χ3n) is 4.76. The Kier molecular flexibility index (Phi) is 6.00. The van der Waals surface area contributed by atoms with Crippen molar-refractivity contribution in [3.05, 3.63) is 59.4 Å². The molecule has 0 aliphatic carbocycles. The number of amides is 1. The largest absolute Gasteiger partial charge is 0.421 e. The molecule has 4 nitrogen and oxygen atoms in total. The molecule has 0 bridgehead atoms. The second-order valence-electron chi connectivity index (χ2n) is 7.29. The number of carbonyl (C=O) groups excluding carboxylic acids is 1. The highest BCUT2D eigenvalue weighted by atomic mass is 19.4. The number of hydrogen-bond donors (Lipinski definition) is 1. The minimum Gasteiger partial charge on any atom is -0.382 e. The predicted molar refractivity (Wildman–Crippen MR) is 105 cm³/mol. The van der Waals surface area contributed by atoms with Crippen LogP contribution in [0.3, 0.4) is 0 Å². The Morgan fingerprint density at radius 2 is 1.66 bits per heavy atom. The summed E-state index contributed by atoms with van der Waals surface area (Å²) in [6.07, 6.45) is -4.79. The maximum atomic E-state index is 14.4. The van der Waals surface area contributed by atoms with Gasteiger partial charge in [0.2, 0.25) is 0 Å². The second-order valence-corrected chi connectivity index (χ2v) is 7.29. The molecule has 2 aromatic carbocycles. The van der Waals surface area contributed by atoms with E-state index in [-0.39, 0.29) is 17.6 Å². The highest BCUT2D eigenvalue weighted by molar-refractivity contribution is 5.94. The number of alkyl halides is 3. The zero-order chi connectivity index (χ0) is 21.2. The molecule has 156 valence electrons. The quantitative estimate of drug-likeness (QED) is 0.748. The first-order chi connectivity index (χ1) is 13.7. The molecule has 0 unspecified atom stereocenters. The third-order valence-corrected chi connectivity index (χ3v) is 4.76. The van der Waals surface area contributed by atoms with Crippen molar-refractivity contribution in [3.8, 4) is 0 Å². The van der Waals surface area contributed by atoms with Gasteiger partial charge >= 0.3 is 6.18 Å². The maximum Gasteiger partial charge on any atom is 0.421 e. The van der Waals surface area contributed by atoms with Gasteiger partial charge in [0.05, 0.1) is 5.69 Å². The predicted octanol–water partition coefficient (Wildman–Crippen LogP) is 4.63. The van der Waals surface area contributed by atoms with Gasteiger partial charge < -0.3 is 15.1 Å². The zero-order valence-electron chi connectivity index (χ0n) is 16.3. The second kappa shape index (κ2) is 8.31. The molecule has 8 heteroatoms. The summed E-state index contributed by atoms with van der Waals surface area (Å²) in [6.45, 7) is 5.01. The van der Waals surface area contributed by atoms with Gasteiger partial charge in [-0.05, 0) is 38.1 Å². The van der Waals surface area contributed by atoms with Crippen molar-refractivity contribution in [1.82, 2.24) is 4.90 Å². The van der Waals surface area contributed by atoms with Gasteiger partial charge in [-0.3, -0.25) is 4.79 Å². The normalized spacial score (nSPS) is 15.0. The molecule has 0 radical (unpaired) electrons. The third kappa shape index (κ3) is 4.81. The number of rotatable bonds is 4. The summed E-state index contributed by atoms with van der Waals surface area (Å²) in [5, 5.41) is 2.70. The first kappa shape index (κ1) is 21.0. The van der Waals surface area contributed by atoms with Gasteiger partial charge in [0, 0.05) is 43.5 Å². The molecule has 1 saturated heterocycles. The fourth-order valence-corrected chi connectivity index (χ4v) is 3.42. The van der Waals surface area contributed by atoms with Crippen LogP contribution in [0.4, 0.5) is 28.9 Å². The number of piperazine rings is 1. The van der Waals surface area contributed by atoms with Gasteiger partial charge in [-0.25, -0.2) is 4.39 Å². The van der Waals surface area contributed by atoms with E-state index in [9.17, 15) is 22.4 Å². The minimum absolute atomic E-state index is 0.0917. The summed E-state index contributed by atoms with van der Waals surface area (Å²) < 4.78 is 54.3. The van der Waals surface area contributed by atoms with Crippen molar-refractivity contribution in [2.24, 2.45) is 0 Å². The van der Waals surface area contributed by atoms with Crippen LogP contribution in [0.1, 0.15) is 29.8 Å². The van der Waals surface area contributed by atoms with Gasteiger partial charge in [0.15, 0.2) is 0 Å². The Morgan fingerprint density at radius 3 is 2.21 bits per heavy atom. The van der Waals surface area contributed by atoms with Crippen molar-refractivity contribution < 1.29 is 22.4 Å². The molecule has 1 aliphatic heterocycles. The summed E-state index contributed by atoms with van der Waals surface area (Å²) in [5.41, 5.74) is -0.603. The van der Waals surface area contributed by atoms with E-state index < -0.39 is 17.6 Å². The average Bonchev–Trinajstić information content (AvgIpc) is 2.66. The lowest BCUT2D eigenvalue weighted by molar-refractivity contribution is -0.139. The monoisotopic (exact) mass is 409 g/mol. The van der Waals surface area contributed by atoms with Crippen molar-refractivity contribution in [2.75, 3.05) is 36.4 Å². The van der Waals surface area contributed by atoms with Gasteiger partial charge in [0.25, 0.3) is 5.91 Å². The van der Waals surface area contributed by atoms with Crippen LogP contribution in [0, 0.1) is 5.82 Å². The number of nitrogens with one attached hydrogen (secondary N) is 1. The molecule has 1 fully saturated rings. The van der Waals surface area contributed by atoms with Crippen molar-refractivity contribution in [3.63, 3.8) is 0 Å². The van der Waals surface area contributed by atoms with Gasteiger partial charge in [-0.15, -0.1) is 0 Å². The van der Waals surface area contributed by atoms with Crippen LogP contribution < -0.4 is 10.2 Å². The Hall–Kier alpha value is -2.77. The van der Waals surface area contributed by atoms with E-state index in [0.717, 1.165) is 6.07 Å². The van der Waals surface area contributed by atoms with E-state index in [2.05, 4.69) is 5.32 Å². The Bertz CT molecular complexity index is 860. The molecule has 1 N–H and O–H groups in total. The molecule has 0 saturated carbocycles. The summed E-state index contributed by atoms with van der Waals surface area (Å²) in [7, 11) is 0. The molecule has 2 aromatic rings. The van der Waals surface area contributed by atoms with Gasteiger partial charge in [-0.2, -0.15) is 13.2 Å². The lowest BCUT2D eigenvalue weighted by atomic mass is 10.1. The van der Waals surface area contributed by atoms with E-state index >= 15 is 0 Å². The molecule has 0 aromatic heterocycles. The fraction of sp³-hybridized carbons (Fsp3) is 0.381. The van der Waals surface area contributed by atoms with Crippen LogP contribution in [0.5, 0.6) is 0 Å². The number of nitrogens with zero attached hydrogens (tertiary/aromatic N) is 2. The lowest BCUT2D eigenvalue weighted by Crippen LogP contribution is -2.48. The van der Waals surface area contributed by atoms with E-state index in [0.29, 0.717) is 37.4 Å². The highest BCUT2D eigenvalue weighted by Gasteiger charge is 2.38. The van der Waals surface area contributed by atoms with Crippen LogP contribution in [-0.4, -0.2) is 43.0 Å². The first-order valence-electron chi connectivity index (χ1n) is 9.43. The molecule has 3 rings (SSSR count). The summed E-state index contributed by atoms with van der Waals surface area (Å²) >= 11 is 0. The highest BCUT2D eigenvalue weighted by Crippen LogP contribution is 2.39. The number of carbonyl (C=O) groups is 1. The molecule has 0 atom stereocenters. The Balaban J connectivity index is 1.78. The first-order valence-corrected chi connectivity index (χ1v) is 9.43. The number of anilines is 2. The van der Waals surface area contributed by atoms with Crippen molar-refractivity contribution >= 4 is 17.3 Å². The van der Waals surface area contributed by atoms with Crippen LogP contribution in [0.15, 0.2) is 42.5 Å². The summed E-state index contributed by atoms with van der Waals surface area (Å²) in [5.74, 6) is -1.40. The SMILES string of the molecule is CC(C)Nc1cc(N2CCN(C(=O)c3ccccc3)CC2)cc(F)c1C(F)(F)F. The molecular weight excluding hydrogens is 386 g/mol. The summed E-state index contributed by atoms with van der Waals surface area (Å²) in [4.78, 5) is 16.0. The van der Waals surface area contributed by atoms with E-state index in [4.69, 9.17) is 0 Å². The average molecular weight is 409 g/mol. The molecule has 1 heterocycles. The van der Waals surface area contributed by atoms with Gasteiger partial charge in [0.1, 0.15) is 11.4 Å². The Morgan fingerprint density at radius 1 is 1.03 bits per heavy atom. The Labute approximate surface area is 167 Å². The topological polar surface area (TPSA) is 35.6 Å². The van der Waals surface area contributed by atoms with Crippen LogP contribution in [0.2, 0.25) is 0 Å². The van der Waals surface area contributed by atoms with Crippen LogP contribution in [0.25, 0.3) is 0 Å². The molecule has 29 heavy (non-hydrogen) atoms. The minimum atomic E-state index is -4.79. The van der Waals surface area contributed by atoms with Crippen molar-refractivity contribution in [1.29, 1.82) is 0 Å². The van der Waals surface area contributed by atoms with Crippen LogP contribution >= 0.6 is 0 Å². The van der Waals surface area contributed by atoms with E-state index in [1.165, 1.54) is 6.07 Å². The number of benzene rings is 2. The van der Waals surface area contributed by atoms with E-state index in [1.807, 2.05) is 6.07 Å². The smallest absolute Gasteiger partial charge is 0.382 e. The fourth-order valence-electron chi connectivity index (χ4n) is 3.42. The van der Waals surface area contributed by atoms with Gasteiger partial charge in [-0.1, -0.05) is 18.2 Å². The van der Waals surface area contributed by atoms with Crippen LogP contribution in [-0.2, 0) is 6.18 Å². The van der Waals surface area contributed by atoms with Crippen molar-refractivity contribution in [2.45, 2.75) is 26.1 Å². The lowest BCUT2D eigenvalue weighted by Gasteiger charge is -2.36. The zero-order valence-corrected chi connectivity index (χ0v) is 16.3. The number of halogens is 4. The molecule has 0 spiro atoms. The maximum absolute atomic E-state index is 14.4. The molecule has 1 aliphatic rings. The molecular formula is C21H23F4N3O. The number of hydrogen-bond acceptors (Lipinski definition) is 3. The molecule has 1 amide bonds. The van der Waals surface area contributed by atoms with E-state index in [1.54, 1.807) is 47.9 Å².